The van der Waals surface area contributed by atoms with E-state index in [1.54, 1.807) is 31.2 Å². The normalized spacial score (nSPS) is 10.9. The first kappa shape index (κ1) is 24.5. The molecule has 0 radical (unpaired) electrons. The van der Waals surface area contributed by atoms with Crippen molar-refractivity contribution >= 4 is 28.5 Å². The molecule has 0 atom stereocenters. The van der Waals surface area contributed by atoms with Crippen LogP contribution in [-0.2, 0) is 16.0 Å². The summed E-state index contributed by atoms with van der Waals surface area (Å²) < 4.78 is 52.0. The van der Waals surface area contributed by atoms with Gasteiger partial charge in [-0.1, -0.05) is 18.2 Å². The summed E-state index contributed by atoms with van der Waals surface area (Å²) in [6.45, 7) is 1.11. The summed E-state index contributed by atoms with van der Waals surface area (Å²) in [5.41, 5.74) is 0.0561. The summed E-state index contributed by atoms with van der Waals surface area (Å²) in [5, 5.41) is 12.1. The molecule has 7 nitrogen and oxygen atoms in total. The quantitative estimate of drug-likeness (QED) is 0.280. The van der Waals surface area contributed by atoms with Gasteiger partial charge in [0.05, 0.1) is 12.0 Å². The number of carbonyl (C=O) groups is 2. The van der Waals surface area contributed by atoms with Crippen LogP contribution in [0.4, 0.5) is 18.9 Å². The Morgan fingerprint density at radius 3 is 2.50 bits per heavy atom. The van der Waals surface area contributed by atoms with E-state index in [-0.39, 0.29) is 33.7 Å². The van der Waals surface area contributed by atoms with E-state index < -0.39 is 48.0 Å². The van der Waals surface area contributed by atoms with Gasteiger partial charge in [-0.05, 0) is 42.8 Å². The van der Waals surface area contributed by atoms with Crippen LogP contribution in [-0.4, -0.2) is 23.6 Å². The number of aryl methyl sites for hydroxylation is 1. The number of amides is 1. The molecule has 4 aromatic rings. The van der Waals surface area contributed by atoms with Crippen LogP contribution in [0.5, 0.6) is 5.75 Å². The van der Waals surface area contributed by atoms with Crippen molar-refractivity contribution < 1.29 is 37.0 Å². The first-order valence-electron chi connectivity index (χ1n) is 10.6. The number of nitrogens with one attached hydrogen (secondary N) is 1. The van der Waals surface area contributed by atoms with Crippen molar-refractivity contribution in [3.63, 3.8) is 0 Å². The fourth-order valence-electron chi connectivity index (χ4n) is 3.72. The van der Waals surface area contributed by atoms with Crippen LogP contribution >= 0.6 is 0 Å². The third-order valence-electron chi connectivity index (χ3n) is 5.47. The number of halogens is 3. The van der Waals surface area contributed by atoms with Crippen molar-refractivity contribution in [1.29, 1.82) is 0 Å². The average molecular weight is 497 g/mol. The number of benzene rings is 3. The molecule has 0 aliphatic carbocycles. The number of hydrogen-bond acceptors (Lipinski definition) is 5. The maximum Gasteiger partial charge on any atom is 0.340 e. The van der Waals surface area contributed by atoms with Gasteiger partial charge in [0.15, 0.2) is 24.1 Å². The fraction of sp³-hybridized carbons (Fsp3) is 0.115. The highest BCUT2D eigenvalue weighted by Gasteiger charge is 2.18. The smallest absolute Gasteiger partial charge is 0.340 e. The molecule has 1 aromatic heterocycles. The summed E-state index contributed by atoms with van der Waals surface area (Å²) in [6.07, 6.45) is -0.476. The Bertz CT molecular complexity index is 1560. The molecule has 0 saturated carbocycles. The largest absolute Gasteiger partial charge is 0.483 e. The monoisotopic (exact) mass is 497 g/mol. The van der Waals surface area contributed by atoms with Gasteiger partial charge in [0.2, 0.25) is 0 Å². The second-order valence-corrected chi connectivity index (χ2v) is 7.83. The number of ether oxygens (including phenoxy) is 1. The molecule has 0 bridgehead atoms. The molecule has 10 heteroatoms. The number of aliphatic carboxylic acids is 1. The van der Waals surface area contributed by atoms with Gasteiger partial charge in [-0.15, -0.1) is 0 Å². The van der Waals surface area contributed by atoms with Crippen LogP contribution in [0.2, 0.25) is 0 Å². The molecule has 36 heavy (non-hydrogen) atoms. The summed E-state index contributed by atoms with van der Waals surface area (Å²) in [5.74, 6) is -6.01. The molecule has 4 rings (SSSR count). The minimum absolute atomic E-state index is 0.0383. The van der Waals surface area contributed by atoms with E-state index >= 15 is 0 Å². The lowest BCUT2D eigenvalue weighted by Crippen LogP contribution is -2.20. The number of carboxylic acid groups (broad SMARTS) is 1. The molecule has 3 aromatic carbocycles. The van der Waals surface area contributed by atoms with Crippen LogP contribution in [0.25, 0.3) is 22.1 Å². The van der Waals surface area contributed by atoms with Gasteiger partial charge >= 0.3 is 11.6 Å². The van der Waals surface area contributed by atoms with Gasteiger partial charge in [-0.25, -0.2) is 18.0 Å². The first-order valence-corrected chi connectivity index (χ1v) is 10.6. The molecule has 0 fully saturated rings. The standard InChI is InChI=1S/C26H18F3NO6/c1-13-15-7-6-14(10-21(15)36-26(34)18(13)11-23(32)33)30-22(31)12-35-20-5-3-2-4-16(20)17-8-9-19(27)25(29)24(17)28/h2-10H,11-12H2,1H3,(H,30,31)(H,32,33). The van der Waals surface area contributed by atoms with Crippen LogP contribution in [0.1, 0.15) is 11.1 Å². The van der Waals surface area contributed by atoms with Crippen molar-refractivity contribution in [2.24, 2.45) is 0 Å². The summed E-state index contributed by atoms with van der Waals surface area (Å²) >= 11 is 0. The zero-order valence-corrected chi connectivity index (χ0v) is 18.7. The highest BCUT2D eigenvalue weighted by molar-refractivity contribution is 5.95. The molecule has 1 heterocycles. The van der Waals surface area contributed by atoms with E-state index in [9.17, 15) is 27.6 Å². The van der Waals surface area contributed by atoms with Gasteiger partial charge in [0.1, 0.15) is 11.3 Å². The number of carboxylic acids is 1. The van der Waals surface area contributed by atoms with Crippen molar-refractivity contribution in [3.8, 4) is 16.9 Å². The molecule has 0 unspecified atom stereocenters. The molecule has 0 aliphatic rings. The third kappa shape index (κ3) is 4.92. The minimum atomic E-state index is -1.62. The van der Waals surface area contributed by atoms with Crippen LogP contribution in [0.15, 0.2) is 63.8 Å². The Morgan fingerprint density at radius 2 is 1.75 bits per heavy atom. The number of rotatable bonds is 7. The van der Waals surface area contributed by atoms with E-state index in [4.69, 9.17) is 14.3 Å². The average Bonchev–Trinajstić information content (AvgIpc) is 2.84. The molecule has 2 N–H and O–H groups in total. The van der Waals surface area contributed by atoms with Crippen LogP contribution < -0.4 is 15.7 Å². The summed E-state index contributed by atoms with van der Waals surface area (Å²) in [6, 6.07) is 12.4. The van der Waals surface area contributed by atoms with Gasteiger partial charge in [-0.3, -0.25) is 9.59 Å². The Labute approximate surface area is 201 Å². The van der Waals surface area contributed by atoms with Crippen LogP contribution in [0, 0.1) is 24.4 Å². The van der Waals surface area contributed by atoms with E-state index in [1.807, 2.05) is 0 Å². The lowest BCUT2D eigenvalue weighted by atomic mass is 10.0. The number of para-hydroxylation sites is 1. The topological polar surface area (TPSA) is 106 Å². The summed E-state index contributed by atoms with van der Waals surface area (Å²) in [7, 11) is 0. The highest BCUT2D eigenvalue weighted by Crippen LogP contribution is 2.33. The molecule has 0 aliphatic heterocycles. The number of fused-ring (bicyclic) bond motifs is 1. The third-order valence-corrected chi connectivity index (χ3v) is 5.47. The maximum absolute atomic E-state index is 14.3. The zero-order chi connectivity index (χ0) is 26.0. The Balaban J connectivity index is 1.51. The molecule has 184 valence electrons. The Hall–Kier alpha value is -4.60. The van der Waals surface area contributed by atoms with Crippen molar-refractivity contribution in [2.75, 3.05) is 11.9 Å². The van der Waals surface area contributed by atoms with Gasteiger partial charge < -0.3 is 19.6 Å². The lowest BCUT2D eigenvalue weighted by molar-refractivity contribution is -0.136. The predicted octanol–water partition coefficient (Wildman–Crippen LogP) is 4.83. The maximum atomic E-state index is 14.3. The van der Waals surface area contributed by atoms with E-state index in [0.29, 0.717) is 10.9 Å². The first-order chi connectivity index (χ1) is 17.2. The lowest BCUT2D eigenvalue weighted by Gasteiger charge is -2.13. The number of hydrogen-bond donors (Lipinski definition) is 2. The fourth-order valence-corrected chi connectivity index (χ4v) is 3.72. The Morgan fingerprint density at radius 1 is 1.00 bits per heavy atom. The number of carbonyl (C=O) groups excluding carboxylic acids is 1. The van der Waals surface area contributed by atoms with Crippen molar-refractivity contribution in [2.45, 2.75) is 13.3 Å². The molecular formula is C26H18F3NO6. The predicted molar refractivity (Wildman–Crippen MR) is 124 cm³/mol. The van der Waals surface area contributed by atoms with Gasteiger partial charge in [-0.2, -0.15) is 0 Å². The SMILES string of the molecule is Cc1c(CC(=O)O)c(=O)oc2cc(NC(=O)COc3ccccc3-c3ccc(F)c(F)c3F)ccc12. The Kier molecular flexibility index (Phi) is 6.77. The van der Waals surface area contributed by atoms with Crippen molar-refractivity contribution in [1.82, 2.24) is 0 Å². The molecule has 1 amide bonds. The minimum Gasteiger partial charge on any atom is -0.483 e. The summed E-state index contributed by atoms with van der Waals surface area (Å²) in [4.78, 5) is 35.7. The zero-order valence-electron chi connectivity index (χ0n) is 18.7. The number of anilines is 1. The van der Waals surface area contributed by atoms with Crippen LogP contribution in [0.3, 0.4) is 0 Å². The van der Waals surface area contributed by atoms with Crippen molar-refractivity contribution in [3.05, 3.63) is 93.6 Å². The van der Waals surface area contributed by atoms with E-state index in [0.717, 1.165) is 12.1 Å². The van der Waals surface area contributed by atoms with Gasteiger partial charge in [0, 0.05) is 28.3 Å². The molecular weight excluding hydrogens is 479 g/mol. The van der Waals surface area contributed by atoms with E-state index in [2.05, 4.69) is 5.32 Å². The highest BCUT2D eigenvalue weighted by atomic mass is 19.2. The van der Waals surface area contributed by atoms with E-state index in [1.165, 1.54) is 18.2 Å². The molecule has 0 saturated heterocycles. The molecule has 0 spiro atoms. The van der Waals surface area contributed by atoms with Gasteiger partial charge in [0.25, 0.3) is 5.91 Å². The second-order valence-electron chi connectivity index (χ2n) is 7.83. The second kappa shape index (κ2) is 9.95.